The highest BCUT2D eigenvalue weighted by molar-refractivity contribution is 6.63. The van der Waals surface area contributed by atoms with Gasteiger partial charge >= 0.3 is 13.1 Å². The van der Waals surface area contributed by atoms with Gasteiger partial charge in [-0.1, -0.05) is 11.6 Å². The van der Waals surface area contributed by atoms with Crippen LogP contribution in [-0.2, 0) is 0 Å². The Bertz CT molecular complexity index is 382. The van der Waals surface area contributed by atoms with Crippen LogP contribution in [0.15, 0.2) is 12.1 Å². The molecule has 0 amide bonds. The molecule has 0 aliphatic rings. The van der Waals surface area contributed by atoms with Crippen LogP contribution in [0.2, 0.25) is 5.02 Å². The second-order valence-electron chi connectivity index (χ2n) is 2.50. The fourth-order valence-corrected chi connectivity index (χ4v) is 1.30. The molecule has 3 N–H and O–H groups in total. The molecule has 0 bridgehead atoms. The third-order valence-corrected chi connectivity index (χ3v) is 2.02. The Kier molecular flexibility index (Phi) is 3.10. The first-order valence-electron chi connectivity index (χ1n) is 3.52. The zero-order valence-corrected chi connectivity index (χ0v) is 7.49. The fourth-order valence-electron chi connectivity index (χ4n) is 0.971. The van der Waals surface area contributed by atoms with Gasteiger partial charge in [-0.15, -0.1) is 0 Å². The number of carbonyl (C=O) groups is 1. The van der Waals surface area contributed by atoms with Crippen LogP contribution in [0.5, 0.6) is 0 Å². The molecule has 7 heteroatoms. The number of aromatic carboxylic acids is 1. The molecule has 0 heterocycles. The Morgan fingerprint density at radius 1 is 1.43 bits per heavy atom. The molecule has 0 radical (unpaired) electrons. The van der Waals surface area contributed by atoms with Gasteiger partial charge in [-0.3, -0.25) is 0 Å². The van der Waals surface area contributed by atoms with Gasteiger partial charge in [0.25, 0.3) is 0 Å². The van der Waals surface area contributed by atoms with Crippen molar-refractivity contribution in [2.75, 3.05) is 0 Å². The zero-order valence-electron chi connectivity index (χ0n) is 6.74. The maximum atomic E-state index is 12.9. The minimum Gasteiger partial charge on any atom is -0.478 e. The molecule has 4 nitrogen and oxygen atoms in total. The summed E-state index contributed by atoms with van der Waals surface area (Å²) in [6.07, 6.45) is 0. The molecule has 1 aromatic carbocycles. The second kappa shape index (κ2) is 3.95. The minimum absolute atomic E-state index is 0.379. The summed E-state index contributed by atoms with van der Waals surface area (Å²) in [7, 11) is -2.14. The van der Waals surface area contributed by atoms with Crippen LogP contribution in [0, 0.1) is 5.82 Å². The van der Waals surface area contributed by atoms with Crippen LogP contribution in [-0.4, -0.2) is 28.2 Å². The lowest BCUT2D eigenvalue weighted by molar-refractivity contribution is 0.0697. The second-order valence-corrected chi connectivity index (χ2v) is 2.88. The van der Waals surface area contributed by atoms with Gasteiger partial charge in [0, 0.05) is 5.46 Å². The Morgan fingerprint density at radius 3 is 2.43 bits per heavy atom. The quantitative estimate of drug-likeness (QED) is 0.604. The van der Waals surface area contributed by atoms with E-state index in [1.54, 1.807) is 0 Å². The summed E-state index contributed by atoms with van der Waals surface area (Å²) in [4.78, 5) is 10.5. The zero-order chi connectivity index (χ0) is 10.9. The summed E-state index contributed by atoms with van der Waals surface area (Å²) in [5.41, 5.74) is -1.01. The maximum Gasteiger partial charge on any atom is 0.493 e. The van der Waals surface area contributed by atoms with Crippen LogP contribution in [0.4, 0.5) is 4.39 Å². The van der Waals surface area contributed by atoms with Crippen molar-refractivity contribution in [2.24, 2.45) is 0 Å². The third-order valence-electron chi connectivity index (χ3n) is 1.62. The Labute approximate surface area is 83.7 Å². The molecule has 0 atom stereocenters. The lowest BCUT2D eigenvalue weighted by Gasteiger charge is -2.06. The average Bonchev–Trinajstić information content (AvgIpc) is 2.02. The van der Waals surface area contributed by atoms with Crippen molar-refractivity contribution in [2.45, 2.75) is 0 Å². The molecule has 0 unspecified atom stereocenters. The highest BCUT2D eigenvalue weighted by Crippen LogP contribution is 2.15. The number of halogens is 2. The van der Waals surface area contributed by atoms with Crippen LogP contribution in [0.25, 0.3) is 0 Å². The molecular weight excluding hydrogens is 213 g/mol. The smallest absolute Gasteiger partial charge is 0.478 e. The van der Waals surface area contributed by atoms with Crippen molar-refractivity contribution in [1.82, 2.24) is 0 Å². The normalized spacial score (nSPS) is 10.0. The van der Waals surface area contributed by atoms with E-state index in [1.807, 2.05) is 0 Å². The molecule has 14 heavy (non-hydrogen) atoms. The van der Waals surface area contributed by atoms with Gasteiger partial charge in [0.15, 0.2) is 0 Å². The molecule has 1 aromatic rings. The van der Waals surface area contributed by atoms with Crippen molar-refractivity contribution < 1.29 is 24.3 Å². The van der Waals surface area contributed by atoms with E-state index in [9.17, 15) is 9.18 Å². The number of hydrogen-bond donors (Lipinski definition) is 3. The standard InChI is InChI=1S/C7H5BClFO4/c9-6-3(7(11)12)1-2-4(10)5(6)8(13)14/h1-2,13-14H,(H,11,12). The molecule has 0 saturated heterocycles. The summed E-state index contributed by atoms with van der Waals surface area (Å²) in [6.45, 7) is 0. The van der Waals surface area contributed by atoms with Crippen molar-refractivity contribution in [3.8, 4) is 0 Å². The van der Waals surface area contributed by atoms with E-state index in [0.717, 1.165) is 12.1 Å². The van der Waals surface area contributed by atoms with E-state index in [0.29, 0.717) is 0 Å². The van der Waals surface area contributed by atoms with Crippen LogP contribution in [0.3, 0.4) is 0 Å². The first-order chi connectivity index (χ1) is 6.45. The van der Waals surface area contributed by atoms with Gasteiger partial charge < -0.3 is 15.2 Å². The molecule has 0 aromatic heterocycles. The number of rotatable bonds is 2. The van der Waals surface area contributed by atoms with E-state index in [4.69, 9.17) is 26.8 Å². The molecule has 0 spiro atoms. The van der Waals surface area contributed by atoms with Gasteiger partial charge in [-0.2, -0.15) is 0 Å². The van der Waals surface area contributed by atoms with Crippen LogP contribution >= 0.6 is 11.6 Å². The molecule has 74 valence electrons. The Morgan fingerprint density at radius 2 is 2.00 bits per heavy atom. The largest absolute Gasteiger partial charge is 0.493 e. The summed E-state index contributed by atoms with van der Waals surface area (Å²) in [6, 6.07) is 1.76. The molecule has 0 fully saturated rings. The maximum absolute atomic E-state index is 12.9. The van der Waals surface area contributed by atoms with Crippen molar-refractivity contribution in [3.63, 3.8) is 0 Å². The Hall–Kier alpha value is -1.11. The number of benzene rings is 1. The van der Waals surface area contributed by atoms with Crippen molar-refractivity contribution >= 4 is 30.2 Å². The molecule has 1 rings (SSSR count). The van der Waals surface area contributed by atoms with Gasteiger partial charge in [-0.25, -0.2) is 9.18 Å². The van der Waals surface area contributed by atoms with Gasteiger partial charge in [0.05, 0.1) is 10.6 Å². The number of carboxylic acids is 1. The average molecular weight is 218 g/mol. The molecular formula is C7H5BClFO4. The number of hydrogen-bond acceptors (Lipinski definition) is 3. The first-order valence-corrected chi connectivity index (χ1v) is 3.90. The minimum atomic E-state index is -2.14. The fraction of sp³-hybridized carbons (Fsp3) is 0. The highest BCUT2D eigenvalue weighted by Gasteiger charge is 2.24. The number of carboxylic acid groups (broad SMARTS) is 1. The van der Waals surface area contributed by atoms with E-state index in [1.165, 1.54) is 0 Å². The van der Waals surface area contributed by atoms with Gasteiger partial charge in [-0.05, 0) is 12.1 Å². The molecule has 0 aliphatic heterocycles. The lowest BCUT2D eigenvalue weighted by Crippen LogP contribution is -2.34. The van der Waals surface area contributed by atoms with Gasteiger partial charge in [0.1, 0.15) is 5.82 Å². The Balaban J connectivity index is 3.41. The summed E-state index contributed by atoms with van der Waals surface area (Å²) >= 11 is 5.46. The predicted octanol–water partition coefficient (Wildman–Crippen LogP) is -0.143. The molecule has 0 aliphatic carbocycles. The highest BCUT2D eigenvalue weighted by atomic mass is 35.5. The summed E-state index contributed by atoms with van der Waals surface area (Å²) in [5, 5.41) is 25.5. The first kappa shape index (κ1) is 11.0. The van der Waals surface area contributed by atoms with E-state index in [-0.39, 0.29) is 5.56 Å². The topological polar surface area (TPSA) is 77.8 Å². The van der Waals surface area contributed by atoms with Crippen LogP contribution < -0.4 is 5.46 Å². The monoisotopic (exact) mass is 218 g/mol. The predicted molar refractivity (Wildman–Crippen MR) is 48.2 cm³/mol. The summed E-state index contributed by atoms with van der Waals surface area (Å²) in [5.74, 6) is -2.33. The third kappa shape index (κ3) is 1.87. The lowest BCUT2D eigenvalue weighted by atomic mass is 9.79. The van der Waals surface area contributed by atoms with Crippen molar-refractivity contribution in [3.05, 3.63) is 28.5 Å². The van der Waals surface area contributed by atoms with Crippen molar-refractivity contribution in [1.29, 1.82) is 0 Å². The van der Waals surface area contributed by atoms with E-state index in [2.05, 4.69) is 0 Å². The molecule has 0 saturated carbocycles. The SMILES string of the molecule is O=C(O)c1ccc(F)c(B(O)O)c1Cl. The van der Waals surface area contributed by atoms with E-state index < -0.39 is 29.4 Å². The van der Waals surface area contributed by atoms with E-state index >= 15 is 0 Å². The summed E-state index contributed by atoms with van der Waals surface area (Å²) < 4.78 is 12.9. The van der Waals surface area contributed by atoms with Gasteiger partial charge in [0.2, 0.25) is 0 Å². The van der Waals surface area contributed by atoms with Crippen LogP contribution in [0.1, 0.15) is 10.4 Å².